The number of nitrogens with zero attached hydrogens (tertiary/aromatic N) is 2. The van der Waals surface area contributed by atoms with Gasteiger partial charge in [-0.1, -0.05) is 15.9 Å². The first-order valence-corrected chi connectivity index (χ1v) is 16.2. The third kappa shape index (κ3) is 25.0. The van der Waals surface area contributed by atoms with Crippen LogP contribution >= 0.6 is 15.9 Å². The van der Waals surface area contributed by atoms with Crippen molar-refractivity contribution in [3.8, 4) is 0 Å². The first kappa shape index (κ1) is 41.9. The lowest BCUT2D eigenvalue weighted by Gasteiger charge is -2.09. The van der Waals surface area contributed by atoms with Crippen LogP contribution in [0.2, 0.25) is 0 Å². The number of halogens is 1. The van der Waals surface area contributed by atoms with Crippen molar-refractivity contribution >= 4 is 33.0 Å². The number of ether oxygens (including phenoxy) is 10. The summed E-state index contributed by atoms with van der Waals surface area (Å²) in [6.45, 7) is 9.77. The molecule has 0 unspecified atom stereocenters. The molecule has 18 heteroatoms. The summed E-state index contributed by atoms with van der Waals surface area (Å²) in [6, 6.07) is 3.43. The number of non-ortho nitro benzene ring substituents is 1. The predicted octanol–water partition coefficient (Wildman–Crippen LogP) is 2.48. The van der Waals surface area contributed by atoms with E-state index in [4.69, 9.17) is 47.4 Å². The molecule has 0 heterocycles. The van der Waals surface area contributed by atoms with E-state index in [2.05, 4.69) is 21.2 Å². The summed E-state index contributed by atoms with van der Waals surface area (Å²) in [5.41, 5.74) is -0.523. The zero-order valence-electron chi connectivity index (χ0n) is 26.3. The molecule has 0 radical (unpaired) electrons. The summed E-state index contributed by atoms with van der Waals surface area (Å²) < 4.78 is 54.1. The molecular weight excluding hydrogens is 682 g/mol. The molecule has 0 spiro atoms. The Kier molecular flexibility index (Phi) is 28.7. The van der Waals surface area contributed by atoms with Gasteiger partial charge in [-0.25, -0.2) is 0 Å². The maximum Gasteiger partial charge on any atom is 0.299 e. The van der Waals surface area contributed by atoms with E-state index in [0.29, 0.717) is 132 Å². The molecule has 1 aromatic carbocycles. The average Bonchev–Trinajstić information content (AvgIpc) is 3.05. The Hall–Kier alpha value is -2.10. The van der Waals surface area contributed by atoms with E-state index in [1.807, 2.05) is 0 Å². The van der Waals surface area contributed by atoms with E-state index in [0.717, 1.165) is 11.4 Å². The van der Waals surface area contributed by atoms with Crippen molar-refractivity contribution in [3.05, 3.63) is 38.4 Å². The number of benzene rings is 1. The summed E-state index contributed by atoms with van der Waals surface area (Å²) in [6.07, 6.45) is 0. The molecule has 1 N–H and O–H groups in total. The molecular formula is C28H48BrN3O14. The third-order valence-corrected chi connectivity index (χ3v) is 5.84. The second-order valence-electron chi connectivity index (χ2n) is 8.96. The van der Waals surface area contributed by atoms with Crippen molar-refractivity contribution in [2.24, 2.45) is 0 Å². The van der Waals surface area contributed by atoms with Crippen LogP contribution in [0, 0.1) is 20.2 Å². The van der Waals surface area contributed by atoms with Crippen LogP contribution in [0.1, 0.15) is 0 Å². The Labute approximate surface area is 277 Å². The maximum atomic E-state index is 11.1. The number of alkyl halides is 1. The average molecular weight is 731 g/mol. The minimum Gasteiger partial charge on any atom is -0.378 e. The summed E-state index contributed by atoms with van der Waals surface area (Å²) in [7, 11) is 0. The number of hydrogen-bond acceptors (Lipinski definition) is 15. The normalized spacial score (nSPS) is 11.2. The van der Waals surface area contributed by atoms with Gasteiger partial charge in [-0.2, -0.15) is 0 Å². The first-order chi connectivity index (χ1) is 22.6. The summed E-state index contributed by atoms with van der Waals surface area (Å²) >= 11 is 3.29. The number of hydrogen-bond donors (Lipinski definition) is 1. The van der Waals surface area contributed by atoms with Crippen molar-refractivity contribution in [3.63, 3.8) is 0 Å². The number of nitro groups is 2. The molecule has 0 aromatic heterocycles. The summed E-state index contributed by atoms with van der Waals surface area (Å²) in [5, 5.41) is 25.6. The molecule has 1 aromatic rings. The number of rotatable bonds is 35. The Morgan fingerprint density at radius 2 is 0.826 bits per heavy atom. The van der Waals surface area contributed by atoms with Crippen LogP contribution in [0.15, 0.2) is 18.2 Å². The fourth-order valence-corrected chi connectivity index (χ4v) is 3.56. The monoisotopic (exact) mass is 729 g/mol. The molecule has 0 aliphatic carbocycles. The van der Waals surface area contributed by atoms with Crippen LogP contribution in [0.3, 0.4) is 0 Å². The summed E-state index contributed by atoms with van der Waals surface area (Å²) in [4.78, 5) is 20.6. The second kappa shape index (κ2) is 31.5. The molecule has 0 amide bonds. The molecule has 0 saturated carbocycles. The van der Waals surface area contributed by atoms with E-state index in [1.165, 1.54) is 12.1 Å². The zero-order valence-corrected chi connectivity index (χ0v) is 27.9. The van der Waals surface area contributed by atoms with Crippen LogP contribution in [0.5, 0.6) is 0 Å². The van der Waals surface area contributed by atoms with Gasteiger partial charge in [0, 0.05) is 17.9 Å². The van der Waals surface area contributed by atoms with Crippen LogP contribution < -0.4 is 5.32 Å². The van der Waals surface area contributed by atoms with Gasteiger partial charge >= 0.3 is 0 Å². The zero-order chi connectivity index (χ0) is 33.3. The predicted molar refractivity (Wildman–Crippen MR) is 170 cm³/mol. The minimum atomic E-state index is -0.681. The van der Waals surface area contributed by atoms with Gasteiger partial charge < -0.3 is 52.7 Å². The van der Waals surface area contributed by atoms with Crippen molar-refractivity contribution < 1.29 is 57.2 Å². The molecule has 0 fully saturated rings. The highest BCUT2D eigenvalue weighted by atomic mass is 79.9. The van der Waals surface area contributed by atoms with E-state index in [1.54, 1.807) is 0 Å². The van der Waals surface area contributed by atoms with Gasteiger partial charge in [0.25, 0.3) is 11.4 Å². The Balaban J connectivity index is 1.74. The molecule has 46 heavy (non-hydrogen) atoms. The molecule has 0 bridgehead atoms. The van der Waals surface area contributed by atoms with E-state index in [9.17, 15) is 20.2 Å². The van der Waals surface area contributed by atoms with Crippen LogP contribution in [-0.2, 0) is 47.4 Å². The van der Waals surface area contributed by atoms with E-state index < -0.39 is 9.85 Å². The molecule has 266 valence electrons. The third-order valence-electron chi connectivity index (χ3n) is 5.52. The number of nitro benzene ring substituents is 2. The fraction of sp³-hybridized carbons (Fsp3) is 0.786. The van der Waals surface area contributed by atoms with Crippen LogP contribution in [-0.4, -0.2) is 154 Å². The molecule has 17 nitrogen and oxygen atoms in total. The maximum absolute atomic E-state index is 11.1. The molecule has 0 saturated heterocycles. The number of anilines is 1. The number of nitrogens with one attached hydrogen (secondary N) is 1. The van der Waals surface area contributed by atoms with E-state index in [-0.39, 0.29) is 23.7 Å². The SMILES string of the molecule is O=[N+]([O-])c1ccc(NCCOCCOCCOCCOCCOCCOCCOCCOCCOCCOCCBr)c([N+](=O)[O-])c1. The van der Waals surface area contributed by atoms with Gasteiger partial charge in [0.2, 0.25) is 0 Å². The topological polar surface area (TPSA) is 191 Å². The molecule has 1 rings (SSSR count). The quantitative estimate of drug-likeness (QED) is 0.0464. The van der Waals surface area contributed by atoms with Crippen molar-refractivity contribution in [1.82, 2.24) is 0 Å². The van der Waals surface area contributed by atoms with Gasteiger partial charge in [-0.05, 0) is 6.07 Å². The standard InChI is InChI=1S/C28H48BrN3O14/c29-3-5-37-7-9-39-11-13-41-15-17-43-19-21-45-23-24-46-22-20-44-18-16-42-14-12-40-10-8-38-6-4-30-27-2-1-26(31(33)34)25-28(27)32(35)36/h1-2,25,30H,3-24H2. The Morgan fingerprint density at radius 1 is 0.500 bits per heavy atom. The lowest BCUT2D eigenvalue weighted by molar-refractivity contribution is -0.393. The van der Waals surface area contributed by atoms with Gasteiger partial charge in [0.1, 0.15) is 5.69 Å². The van der Waals surface area contributed by atoms with Gasteiger partial charge in [-0.15, -0.1) is 0 Å². The molecule has 0 aliphatic heterocycles. The Bertz CT molecular complexity index is 890. The van der Waals surface area contributed by atoms with Crippen molar-refractivity contribution in [1.29, 1.82) is 0 Å². The lowest BCUT2D eigenvalue weighted by Crippen LogP contribution is -2.16. The van der Waals surface area contributed by atoms with Crippen molar-refractivity contribution in [2.75, 3.05) is 149 Å². The highest BCUT2D eigenvalue weighted by Gasteiger charge is 2.19. The largest absolute Gasteiger partial charge is 0.378 e. The minimum absolute atomic E-state index is 0.187. The lowest BCUT2D eigenvalue weighted by atomic mass is 10.2. The van der Waals surface area contributed by atoms with E-state index >= 15 is 0 Å². The molecule has 0 aliphatic rings. The van der Waals surface area contributed by atoms with Crippen molar-refractivity contribution in [2.45, 2.75) is 0 Å². The first-order valence-electron chi connectivity index (χ1n) is 15.1. The molecule has 0 atom stereocenters. The smallest absolute Gasteiger partial charge is 0.299 e. The van der Waals surface area contributed by atoms with Gasteiger partial charge in [0.05, 0.1) is 148 Å². The second-order valence-corrected chi connectivity index (χ2v) is 9.75. The Morgan fingerprint density at radius 3 is 1.13 bits per heavy atom. The van der Waals surface area contributed by atoms with Gasteiger partial charge in [0.15, 0.2) is 0 Å². The highest BCUT2D eigenvalue weighted by Crippen LogP contribution is 2.28. The van der Waals surface area contributed by atoms with Crippen LogP contribution in [0.4, 0.5) is 17.1 Å². The highest BCUT2D eigenvalue weighted by molar-refractivity contribution is 9.09. The summed E-state index contributed by atoms with van der Waals surface area (Å²) in [5.74, 6) is 0. The van der Waals surface area contributed by atoms with Crippen LogP contribution in [0.25, 0.3) is 0 Å². The fourth-order valence-electron chi connectivity index (χ4n) is 3.33. The van der Waals surface area contributed by atoms with Gasteiger partial charge in [-0.3, -0.25) is 20.2 Å².